The van der Waals surface area contributed by atoms with Crippen molar-refractivity contribution in [2.24, 2.45) is 7.05 Å². The number of anilines is 1. The molecule has 3 aromatic heterocycles. The highest BCUT2D eigenvalue weighted by molar-refractivity contribution is 5.65. The zero-order valence-corrected chi connectivity index (χ0v) is 16.1. The van der Waals surface area contributed by atoms with Crippen LogP contribution in [0, 0.1) is 0 Å². The zero-order valence-electron chi connectivity index (χ0n) is 16.1. The summed E-state index contributed by atoms with van der Waals surface area (Å²) in [7, 11) is 1.83. The molecule has 9 nitrogen and oxygen atoms in total. The Balaban J connectivity index is 1.79. The molecule has 0 unspecified atom stereocenters. The molecule has 9 heteroatoms. The van der Waals surface area contributed by atoms with E-state index in [0.29, 0.717) is 17.4 Å². The van der Waals surface area contributed by atoms with Crippen LogP contribution in [0.25, 0.3) is 17.0 Å². The maximum absolute atomic E-state index is 6.06. The lowest BCUT2D eigenvalue weighted by Crippen LogP contribution is -2.23. The van der Waals surface area contributed by atoms with E-state index < -0.39 is 0 Å². The molecule has 0 saturated carbocycles. The van der Waals surface area contributed by atoms with Crippen molar-refractivity contribution in [1.29, 1.82) is 0 Å². The summed E-state index contributed by atoms with van der Waals surface area (Å²) >= 11 is 0. The topological polar surface area (TPSA) is 86.3 Å². The Morgan fingerprint density at radius 3 is 2.54 bits per heavy atom. The van der Waals surface area contributed by atoms with Gasteiger partial charge in [0.25, 0.3) is 5.88 Å². The first-order chi connectivity index (χ1) is 13.7. The van der Waals surface area contributed by atoms with Crippen LogP contribution in [-0.2, 0) is 13.7 Å². The second-order valence-corrected chi connectivity index (χ2v) is 6.26. The second kappa shape index (κ2) is 7.63. The summed E-state index contributed by atoms with van der Waals surface area (Å²) in [5, 5.41) is 17.5. The van der Waals surface area contributed by atoms with E-state index in [1.54, 1.807) is 9.20 Å². The zero-order chi connectivity index (χ0) is 19.5. The van der Waals surface area contributed by atoms with E-state index in [1.807, 2.05) is 43.4 Å². The minimum atomic E-state index is 0.270. The molecule has 144 valence electrons. The second-order valence-electron chi connectivity index (χ2n) is 6.26. The van der Waals surface area contributed by atoms with Crippen LogP contribution < -0.4 is 9.64 Å². The number of aromatic nitrogens is 7. The summed E-state index contributed by atoms with van der Waals surface area (Å²) in [6.07, 6.45) is 1.51. The minimum absolute atomic E-state index is 0.270. The van der Waals surface area contributed by atoms with Gasteiger partial charge in [-0.05, 0) is 13.8 Å². The van der Waals surface area contributed by atoms with Crippen LogP contribution in [0.4, 0.5) is 5.69 Å². The summed E-state index contributed by atoms with van der Waals surface area (Å²) in [6, 6.07) is 11.8. The molecule has 0 aliphatic rings. The number of aryl methyl sites for hydroxylation is 1. The highest BCUT2D eigenvalue weighted by atomic mass is 16.5. The van der Waals surface area contributed by atoms with E-state index in [2.05, 4.69) is 39.0 Å². The highest BCUT2D eigenvalue weighted by Crippen LogP contribution is 2.29. The summed E-state index contributed by atoms with van der Waals surface area (Å²) < 4.78 is 9.46. The van der Waals surface area contributed by atoms with Crippen molar-refractivity contribution >= 4 is 11.3 Å². The van der Waals surface area contributed by atoms with Crippen molar-refractivity contribution in [2.75, 3.05) is 18.0 Å². The molecule has 28 heavy (non-hydrogen) atoms. The smallest absolute Gasteiger partial charge is 0.256 e. The molecule has 3 heterocycles. The summed E-state index contributed by atoms with van der Waals surface area (Å²) in [5.41, 5.74) is 2.50. The van der Waals surface area contributed by atoms with Crippen LogP contribution in [0.1, 0.15) is 19.7 Å². The summed E-state index contributed by atoms with van der Waals surface area (Å²) in [4.78, 5) is 6.39. The Bertz CT molecular complexity index is 1070. The molecule has 0 bridgehead atoms. The van der Waals surface area contributed by atoms with Crippen molar-refractivity contribution < 1.29 is 4.74 Å². The van der Waals surface area contributed by atoms with Crippen LogP contribution in [0.5, 0.6) is 5.88 Å². The van der Waals surface area contributed by atoms with Crippen molar-refractivity contribution in [3.8, 4) is 17.3 Å². The monoisotopic (exact) mass is 378 g/mol. The third kappa shape index (κ3) is 3.26. The Hall–Kier alpha value is -3.49. The molecule has 0 fully saturated rings. The molecule has 0 saturated heterocycles. The maximum Gasteiger partial charge on any atom is 0.256 e. The normalized spacial score (nSPS) is 11.1. The van der Waals surface area contributed by atoms with Gasteiger partial charge in [0.15, 0.2) is 17.3 Å². The maximum atomic E-state index is 6.06. The van der Waals surface area contributed by atoms with Gasteiger partial charge in [0.2, 0.25) is 0 Å². The fourth-order valence-corrected chi connectivity index (χ4v) is 3.05. The van der Waals surface area contributed by atoms with Crippen LogP contribution in [-0.4, -0.2) is 47.7 Å². The number of hydrogen-bond donors (Lipinski definition) is 0. The minimum Gasteiger partial charge on any atom is -0.467 e. The van der Waals surface area contributed by atoms with Crippen molar-refractivity contribution in [3.05, 3.63) is 48.5 Å². The summed E-state index contributed by atoms with van der Waals surface area (Å²) in [6.45, 7) is 6.12. The molecule has 0 spiro atoms. The lowest BCUT2D eigenvalue weighted by atomic mass is 10.2. The average molecular weight is 378 g/mol. The van der Waals surface area contributed by atoms with Gasteiger partial charge in [0.1, 0.15) is 18.6 Å². The Labute approximate surface area is 162 Å². The van der Waals surface area contributed by atoms with E-state index in [-0.39, 0.29) is 6.61 Å². The first kappa shape index (κ1) is 17.9. The molecule has 1 aromatic carbocycles. The standard InChI is InChI=1S/C19H22N8O/c1-4-26(5-2)15-11-16-22-23-18(14-9-7-6-8-10-14)27(16)24-19(15)28-12-17-20-13-21-25(17)3/h6-11,13H,4-5,12H2,1-3H3. The molecule has 0 aliphatic heterocycles. The van der Waals surface area contributed by atoms with Crippen LogP contribution in [0.15, 0.2) is 42.7 Å². The van der Waals surface area contributed by atoms with Gasteiger partial charge in [-0.15, -0.1) is 15.3 Å². The Morgan fingerprint density at radius 2 is 1.86 bits per heavy atom. The number of rotatable bonds is 7. The molecule has 0 N–H and O–H groups in total. The fraction of sp³-hybridized carbons (Fsp3) is 0.316. The molecule has 0 atom stereocenters. The average Bonchev–Trinajstić information content (AvgIpc) is 3.33. The summed E-state index contributed by atoms with van der Waals surface area (Å²) in [5.74, 6) is 1.90. The number of hydrogen-bond acceptors (Lipinski definition) is 7. The lowest BCUT2D eigenvalue weighted by molar-refractivity contribution is 0.275. The first-order valence-corrected chi connectivity index (χ1v) is 9.23. The largest absolute Gasteiger partial charge is 0.467 e. The van der Waals surface area contributed by atoms with Gasteiger partial charge in [-0.1, -0.05) is 30.3 Å². The van der Waals surface area contributed by atoms with Crippen molar-refractivity contribution in [1.82, 2.24) is 34.6 Å². The number of ether oxygens (including phenoxy) is 1. The molecule has 0 aliphatic carbocycles. The number of benzene rings is 1. The molecule has 0 amide bonds. The van der Waals surface area contributed by atoms with E-state index in [1.165, 1.54) is 6.33 Å². The molecular weight excluding hydrogens is 356 g/mol. The van der Waals surface area contributed by atoms with Gasteiger partial charge < -0.3 is 9.64 Å². The third-order valence-corrected chi connectivity index (χ3v) is 4.62. The Morgan fingerprint density at radius 1 is 1.07 bits per heavy atom. The quantitative estimate of drug-likeness (QED) is 0.488. The first-order valence-electron chi connectivity index (χ1n) is 9.23. The SMILES string of the molecule is CCN(CC)c1cc2nnc(-c3ccccc3)n2nc1OCc1ncnn1C. The molecule has 4 rings (SSSR count). The van der Waals surface area contributed by atoms with Gasteiger partial charge in [-0.3, -0.25) is 4.68 Å². The van der Waals surface area contributed by atoms with Gasteiger partial charge >= 0.3 is 0 Å². The van der Waals surface area contributed by atoms with E-state index >= 15 is 0 Å². The highest BCUT2D eigenvalue weighted by Gasteiger charge is 2.18. The number of nitrogens with zero attached hydrogens (tertiary/aromatic N) is 8. The van der Waals surface area contributed by atoms with Gasteiger partial charge in [-0.2, -0.15) is 9.61 Å². The Kier molecular flexibility index (Phi) is 4.88. The van der Waals surface area contributed by atoms with Crippen LogP contribution in [0.3, 0.4) is 0 Å². The van der Waals surface area contributed by atoms with Crippen molar-refractivity contribution in [2.45, 2.75) is 20.5 Å². The van der Waals surface area contributed by atoms with Crippen LogP contribution in [0.2, 0.25) is 0 Å². The van der Waals surface area contributed by atoms with Crippen LogP contribution >= 0.6 is 0 Å². The fourth-order valence-electron chi connectivity index (χ4n) is 3.05. The molecular formula is C19H22N8O. The van der Waals surface area contributed by atoms with Crippen molar-refractivity contribution in [3.63, 3.8) is 0 Å². The number of fused-ring (bicyclic) bond motifs is 1. The van der Waals surface area contributed by atoms with Gasteiger partial charge in [0.05, 0.1) is 0 Å². The predicted molar refractivity (Wildman–Crippen MR) is 105 cm³/mol. The van der Waals surface area contributed by atoms with Gasteiger partial charge in [0, 0.05) is 31.8 Å². The predicted octanol–water partition coefficient (Wildman–Crippen LogP) is 2.34. The van der Waals surface area contributed by atoms with Gasteiger partial charge in [-0.25, -0.2) is 4.98 Å². The van der Waals surface area contributed by atoms with E-state index in [9.17, 15) is 0 Å². The van der Waals surface area contributed by atoms with E-state index in [4.69, 9.17) is 9.84 Å². The van der Waals surface area contributed by atoms with E-state index in [0.717, 1.165) is 30.2 Å². The molecule has 0 radical (unpaired) electrons. The third-order valence-electron chi connectivity index (χ3n) is 4.62. The lowest BCUT2D eigenvalue weighted by Gasteiger charge is -2.23. The molecule has 4 aromatic rings.